The van der Waals surface area contributed by atoms with Gasteiger partial charge in [-0.1, -0.05) is 0 Å². The van der Waals surface area contributed by atoms with E-state index >= 15 is 0 Å². The van der Waals surface area contributed by atoms with Gasteiger partial charge in [0, 0.05) is 19.3 Å². The molecule has 1 atom stereocenters. The summed E-state index contributed by atoms with van der Waals surface area (Å²) in [6.45, 7) is 3.94. The topological polar surface area (TPSA) is 56.7 Å². The number of carbonyl (C=O) groups is 1. The van der Waals surface area contributed by atoms with E-state index in [1.807, 2.05) is 12.3 Å². The number of amides is 1. The average molecular weight is 335 g/mol. The van der Waals surface area contributed by atoms with Gasteiger partial charge in [0.05, 0.1) is 17.7 Å². The third kappa shape index (κ3) is 3.87. The van der Waals surface area contributed by atoms with Gasteiger partial charge in [-0.05, 0) is 57.2 Å². The van der Waals surface area contributed by atoms with Crippen molar-refractivity contribution in [3.05, 3.63) is 23.9 Å². The van der Waals surface area contributed by atoms with Crippen LogP contribution < -0.4 is 0 Å². The first kappa shape index (κ1) is 16.7. The summed E-state index contributed by atoms with van der Waals surface area (Å²) < 4.78 is 0. The normalized spacial score (nSPS) is 25.7. The van der Waals surface area contributed by atoms with Crippen LogP contribution in [0.4, 0.5) is 0 Å². The summed E-state index contributed by atoms with van der Waals surface area (Å²) >= 11 is 1.48. The average Bonchev–Trinajstić information content (AvgIpc) is 3.06. The first-order valence-electron chi connectivity index (χ1n) is 8.34. The fraction of sp³-hybridized carbons (Fsp3) is 0.647. The summed E-state index contributed by atoms with van der Waals surface area (Å²) in [5.41, 5.74) is -0.134. The van der Waals surface area contributed by atoms with Gasteiger partial charge in [-0.3, -0.25) is 4.79 Å². The number of likely N-dealkylation sites (tertiary alicyclic amines) is 2. The molecular weight excluding hydrogens is 310 g/mol. The molecular formula is C17H25N3O2S. The third-order valence-corrected chi connectivity index (χ3v) is 5.47. The van der Waals surface area contributed by atoms with Gasteiger partial charge in [0.1, 0.15) is 5.03 Å². The van der Waals surface area contributed by atoms with Crippen LogP contribution in [-0.2, 0) is 0 Å². The van der Waals surface area contributed by atoms with E-state index in [0.29, 0.717) is 25.2 Å². The maximum atomic E-state index is 12.9. The molecule has 1 N–H and O–H groups in total. The number of hydrogen-bond acceptors (Lipinski definition) is 5. The summed E-state index contributed by atoms with van der Waals surface area (Å²) in [6, 6.07) is 3.63. The number of piperidine rings is 1. The number of aromatic nitrogens is 1. The molecule has 0 unspecified atom stereocenters. The van der Waals surface area contributed by atoms with Gasteiger partial charge < -0.3 is 14.9 Å². The summed E-state index contributed by atoms with van der Waals surface area (Å²) in [5.74, 6) is -0.0120. The van der Waals surface area contributed by atoms with Gasteiger partial charge in [0.15, 0.2) is 0 Å². The maximum Gasteiger partial charge on any atom is 0.256 e. The standard InChI is InChI=1S/C17H25N3O2S/c1-23-15-14(6-4-8-18-15)16(21)20-11-5-7-17(22,13-20)12-19-9-2-3-10-19/h4,6,8,22H,2-3,5,7,9-13H2,1H3/t17-/m0/s1. The summed E-state index contributed by atoms with van der Waals surface area (Å²) in [6.07, 6.45) is 7.69. The van der Waals surface area contributed by atoms with Crippen molar-refractivity contribution in [2.75, 3.05) is 39.0 Å². The van der Waals surface area contributed by atoms with Gasteiger partial charge in [0.25, 0.3) is 5.91 Å². The molecule has 0 aromatic carbocycles. The molecule has 0 bridgehead atoms. The second-order valence-electron chi connectivity index (χ2n) is 6.60. The van der Waals surface area contributed by atoms with Crippen LogP contribution in [0.25, 0.3) is 0 Å². The largest absolute Gasteiger partial charge is 0.387 e. The molecule has 0 radical (unpaired) electrons. The van der Waals surface area contributed by atoms with Crippen LogP contribution in [0.15, 0.2) is 23.4 Å². The van der Waals surface area contributed by atoms with Crippen molar-refractivity contribution < 1.29 is 9.90 Å². The minimum Gasteiger partial charge on any atom is -0.387 e. The van der Waals surface area contributed by atoms with Crippen molar-refractivity contribution in [3.8, 4) is 0 Å². The highest BCUT2D eigenvalue weighted by Gasteiger charge is 2.37. The molecule has 2 aliphatic rings. The lowest BCUT2D eigenvalue weighted by atomic mass is 9.92. The van der Waals surface area contributed by atoms with E-state index in [-0.39, 0.29) is 5.91 Å². The number of pyridine rings is 1. The Morgan fingerprint density at radius 1 is 1.35 bits per heavy atom. The smallest absolute Gasteiger partial charge is 0.256 e. The Hall–Kier alpha value is -1.11. The zero-order chi connectivity index (χ0) is 16.3. The molecule has 1 amide bonds. The van der Waals surface area contributed by atoms with Crippen molar-refractivity contribution in [1.29, 1.82) is 0 Å². The van der Waals surface area contributed by atoms with Gasteiger partial charge in [-0.25, -0.2) is 4.98 Å². The van der Waals surface area contributed by atoms with E-state index in [4.69, 9.17) is 0 Å². The Morgan fingerprint density at radius 3 is 2.87 bits per heavy atom. The predicted octanol–water partition coefficient (Wildman–Crippen LogP) is 1.87. The van der Waals surface area contributed by atoms with E-state index in [9.17, 15) is 9.90 Å². The Bertz CT molecular complexity index is 563. The zero-order valence-corrected chi connectivity index (χ0v) is 14.5. The molecule has 0 aliphatic carbocycles. The number of thioether (sulfide) groups is 1. The van der Waals surface area contributed by atoms with E-state index in [2.05, 4.69) is 9.88 Å². The van der Waals surface area contributed by atoms with E-state index in [0.717, 1.165) is 31.0 Å². The van der Waals surface area contributed by atoms with Gasteiger partial charge in [-0.15, -0.1) is 11.8 Å². The van der Waals surface area contributed by atoms with E-state index < -0.39 is 5.60 Å². The van der Waals surface area contributed by atoms with Crippen LogP contribution in [0.2, 0.25) is 0 Å². The number of hydrogen-bond donors (Lipinski definition) is 1. The van der Waals surface area contributed by atoms with E-state index in [1.54, 1.807) is 17.2 Å². The van der Waals surface area contributed by atoms with Gasteiger partial charge in [-0.2, -0.15) is 0 Å². The molecule has 1 aromatic heterocycles. The first-order valence-corrected chi connectivity index (χ1v) is 9.57. The lowest BCUT2D eigenvalue weighted by Crippen LogP contribution is -2.55. The SMILES string of the molecule is CSc1ncccc1C(=O)N1CCC[C@](O)(CN2CCCC2)C1. The van der Waals surface area contributed by atoms with Crippen molar-refractivity contribution in [3.63, 3.8) is 0 Å². The molecule has 3 rings (SSSR count). The Kier molecular flexibility index (Phi) is 5.24. The van der Waals surface area contributed by atoms with Crippen molar-refractivity contribution in [2.45, 2.75) is 36.3 Å². The first-order chi connectivity index (χ1) is 11.1. The fourth-order valence-corrected chi connectivity index (χ4v) is 4.20. The van der Waals surface area contributed by atoms with Crippen molar-refractivity contribution >= 4 is 17.7 Å². The van der Waals surface area contributed by atoms with Crippen LogP contribution in [-0.4, -0.2) is 70.4 Å². The van der Waals surface area contributed by atoms with Gasteiger partial charge in [0.2, 0.25) is 0 Å². The monoisotopic (exact) mass is 335 g/mol. The van der Waals surface area contributed by atoms with Crippen LogP contribution in [0.3, 0.4) is 0 Å². The third-order valence-electron chi connectivity index (χ3n) is 4.75. The second-order valence-corrected chi connectivity index (χ2v) is 7.39. The Balaban J connectivity index is 1.71. The number of β-amino-alcohol motifs (C(OH)–C–C–N with tert-alkyl or cyclic N) is 1. The highest BCUT2D eigenvalue weighted by Crippen LogP contribution is 2.26. The molecule has 0 saturated carbocycles. The highest BCUT2D eigenvalue weighted by atomic mass is 32.2. The van der Waals surface area contributed by atoms with Crippen LogP contribution >= 0.6 is 11.8 Å². The minimum absolute atomic E-state index is 0.0120. The molecule has 23 heavy (non-hydrogen) atoms. The van der Waals surface area contributed by atoms with Gasteiger partial charge >= 0.3 is 0 Å². The van der Waals surface area contributed by atoms with Crippen LogP contribution in [0, 0.1) is 0 Å². The number of nitrogens with zero attached hydrogens (tertiary/aromatic N) is 3. The molecule has 5 nitrogen and oxygen atoms in total. The molecule has 3 heterocycles. The Morgan fingerprint density at radius 2 is 2.13 bits per heavy atom. The van der Waals surface area contributed by atoms with Crippen molar-refractivity contribution in [1.82, 2.24) is 14.8 Å². The van der Waals surface area contributed by atoms with Crippen LogP contribution in [0.1, 0.15) is 36.0 Å². The quantitative estimate of drug-likeness (QED) is 0.851. The maximum absolute atomic E-state index is 12.9. The summed E-state index contributed by atoms with van der Waals surface area (Å²) in [7, 11) is 0. The lowest BCUT2D eigenvalue weighted by Gasteiger charge is -2.41. The molecule has 2 fully saturated rings. The fourth-order valence-electron chi connectivity index (χ4n) is 3.66. The highest BCUT2D eigenvalue weighted by molar-refractivity contribution is 7.98. The Labute approximate surface area is 142 Å². The zero-order valence-electron chi connectivity index (χ0n) is 13.7. The molecule has 6 heteroatoms. The molecule has 0 spiro atoms. The molecule has 2 aliphatic heterocycles. The minimum atomic E-state index is -0.778. The molecule has 126 valence electrons. The second kappa shape index (κ2) is 7.20. The number of rotatable bonds is 4. The molecule has 1 aromatic rings. The summed E-state index contributed by atoms with van der Waals surface area (Å²) in [4.78, 5) is 21.3. The summed E-state index contributed by atoms with van der Waals surface area (Å²) in [5, 5.41) is 11.7. The number of aliphatic hydroxyl groups is 1. The van der Waals surface area contributed by atoms with E-state index in [1.165, 1.54) is 24.6 Å². The lowest BCUT2D eigenvalue weighted by molar-refractivity contribution is -0.0431. The molecule has 2 saturated heterocycles. The van der Waals surface area contributed by atoms with Crippen LogP contribution in [0.5, 0.6) is 0 Å². The van der Waals surface area contributed by atoms with Crippen molar-refractivity contribution in [2.24, 2.45) is 0 Å². The predicted molar refractivity (Wildman–Crippen MR) is 91.8 cm³/mol. The number of carbonyl (C=O) groups excluding carboxylic acids is 1.